The van der Waals surface area contributed by atoms with Crippen molar-refractivity contribution in [2.45, 2.75) is 42.4 Å². The molecule has 0 saturated heterocycles. The molecule has 0 fully saturated rings. The van der Waals surface area contributed by atoms with Crippen LogP contribution in [0.25, 0.3) is 11.1 Å². The molecular weight excluding hydrogens is 570 g/mol. The number of aromatic nitrogens is 3. The second kappa shape index (κ2) is 12.6. The van der Waals surface area contributed by atoms with Crippen LogP contribution in [0.3, 0.4) is 0 Å². The van der Waals surface area contributed by atoms with Crippen LogP contribution in [-0.2, 0) is 25.9 Å². The smallest absolute Gasteiger partial charge is 0.296 e. The summed E-state index contributed by atoms with van der Waals surface area (Å²) in [6.07, 6.45) is 2.55. The number of nitriles is 1. The van der Waals surface area contributed by atoms with E-state index in [0.717, 1.165) is 16.7 Å². The number of rotatable bonds is 10. The zero-order chi connectivity index (χ0) is 30.6. The van der Waals surface area contributed by atoms with Gasteiger partial charge in [0.15, 0.2) is 4.90 Å². The van der Waals surface area contributed by atoms with Gasteiger partial charge in [-0.3, -0.25) is 14.3 Å². The summed E-state index contributed by atoms with van der Waals surface area (Å²) >= 11 is 0. The van der Waals surface area contributed by atoms with E-state index in [4.69, 9.17) is 14.7 Å². The van der Waals surface area contributed by atoms with Crippen LogP contribution in [0.4, 0.5) is 8.78 Å². The summed E-state index contributed by atoms with van der Waals surface area (Å²) in [4.78, 5) is 19.7. The Morgan fingerprint density at radius 1 is 1.05 bits per heavy atom. The van der Waals surface area contributed by atoms with E-state index < -0.39 is 43.8 Å². The molecule has 0 aliphatic carbocycles. The Balaban J connectivity index is 1.89. The number of benzene rings is 2. The van der Waals surface area contributed by atoms with Crippen LogP contribution in [0.1, 0.15) is 36.8 Å². The van der Waals surface area contributed by atoms with Crippen molar-refractivity contribution < 1.29 is 31.8 Å². The van der Waals surface area contributed by atoms with Crippen LogP contribution < -0.4 is 5.56 Å². The first-order valence-electron chi connectivity index (χ1n) is 12.6. The molecule has 1 atom stereocenters. The second-order valence-electron chi connectivity index (χ2n) is 9.49. The summed E-state index contributed by atoms with van der Waals surface area (Å²) in [5, 5.41) is 20.5. The Morgan fingerprint density at radius 2 is 1.71 bits per heavy atom. The summed E-state index contributed by atoms with van der Waals surface area (Å²) < 4.78 is 67.6. The van der Waals surface area contributed by atoms with Gasteiger partial charge in [0.05, 0.1) is 29.2 Å². The van der Waals surface area contributed by atoms with Crippen LogP contribution in [0, 0.1) is 23.0 Å². The Hall–Kier alpha value is -4.51. The predicted octanol–water partition coefficient (Wildman–Crippen LogP) is 4.15. The zero-order valence-corrected chi connectivity index (χ0v) is 23.6. The molecule has 2 aromatic heterocycles. The average molecular weight is 597 g/mol. The van der Waals surface area contributed by atoms with Crippen LogP contribution in [-0.4, -0.2) is 47.9 Å². The highest BCUT2D eigenvalue weighted by Crippen LogP contribution is 2.33. The Kier molecular flexibility index (Phi) is 9.11. The first kappa shape index (κ1) is 30.4. The van der Waals surface area contributed by atoms with Gasteiger partial charge in [-0.2, -0.15) is 10.2 Å². The number of pyridine rings is 1. The van der Waals surface area contributed by atoms with Gasteiger partial charge in [0.25, 0.3) is 5.56 Å². The van der Waals surface area contributed by atoms with Crippen molar-refractivity contribution in [3.63, 3.8) is 0 Å². The number of aromatic hydroxyl groups is 1. The number of methoxy groups -OCH3 is 1. The molecule has 0 spiro atoms. The number of ether oxygens (including phenoxy) is 2. The van der Waals surface area contributed by atoms with Gasteiger partial charge in [0.1, 0.15) is 30.1 Å². The van der Waals surface area contributed by atoms with Gasteiger partial charge < -0.3 is 14.6 Å². The van der Waals surface area contributed by atoms with Gasteiger partial charge in [0.2, 0.25) is 15.7 Å². The van der Waals surface area contributed by atoms with Crippen molar-refractivity contribution >= 4 is 9.84 Å². The minimum atomic E-state index is -4.67. The lowest BCUT2D eigenvalue weighted by Crippen LogP contribution is -2.30. The number of hydrogen-bond acceptors (Lipinski definition) is 9. The van der Waals surface area contributed by atoms with Crippen LogP contribution >= 0.6 is 0 Å². The first-order chi connectivity index (χ1) is 20.0. The summed E-state index contributed by atoms with van der Waals surface area (Å²) in [5.74, 6) is -3.01. The largest absolute Gasteiger partial charge is 0.493 e. The van der Waals surface area contributed by atoms with Crippen molar-refractivity contribution in [3.8, 4) is 23.1 Å². The zero-order valence-electron chi connectivity index (χ0n) is 22.8. The fourth-order valence-corrected chi connectivity index (χ4v) is 5.65. The van der Waals surface area contributed by atoms with E-state index in [2.05, 4.69) is 9.97 Å². The molecule has 4 aromatic rings. The molecule has 2 aromatic carbocycles. The van der Waals surface area contributed by atoms with Crippen molar-refractivity contribution in [1.82, 2.24) is 14.5 Å². The predicted molar refractivity (Wildman–Crippen MR) is 146 cm³/mol. The molecule has 42 heavy (non-hydrogen) atoms. The highest BCUT2D eigenvalue weighted by molar-refractivity contribution is 7.91. The second-order valence-corrected chi connectivity index (χ2v) is 11.4. The Morgan fingerprint density at radius 3 is 2.31 bits per heavy atom. The summed E-state index contributed by atoms with van der Waals surface area (Å²) in [6.45, 7) is 2.82. The number of hydrogen-bond donors (Lipinski definition) is 1. The maximum absolute atomic E-state index is 14.2. The lowest BCUT2D eigenvalue weighted by molar-refractivity contribution is 0.0554. The van der Waals surface area contributed by atoms with Crippen LogP contribution in [0.2, 0.25) is 0 Å². The highest BCUT2D eigenvalue weighted by Gasteiger charge is 2.33. The number of sulfone groups is 1. The normalized spacial score (nSPS) is 12.3. The molecule has 218 valence electrons. The van der Waals surface area contributed by atoms with E-state index in [0.29, 0.717) is 22.8 Å². The van der Waals surface area contributed by atoms with E-state index in [1.807, 2.05) is 6.07 Å². The first-order valence-corrected chi connectivity index (χ1v) is 14.1. The summed E-state index contributed by atoms with van der Waals surface area (Å²) in [6, 6.07) is 10.4. The van der Waals surface area contributed by atoms with Crippen molar-refractivity contribution in [2.24, 2.45) is 0 Å². The highest BCUT2D eigenvalue weighted by atomic mass is 32.2. The maximum atomic E-state index is 14.2. The maximum Gasteiger partial charge on any atom is 0.296 e. The van der Waals surface area contributed by atoms with E-state index in [1.54, 1.807) is 19.9 Å². The molecule has 0 saturated carbocycles. The van der Waals surface area contributed by atoms with Crippen molar-refractivity contribution in [2.75, 3.05) is 13.7 Å². The van der Waals surface area contributed by atoms with Gasteiger partial charge in [-0.1, -0.05) is 12.1 Å². The molecule has 2 heterocycles. The van der Waals surface area contributed by atoms with Gasteiger partial charge in [-0.25, -0.2) is 17.2 Å². The third-order valence-electron chi connectivity index (χ3n) is 6.22. The Labute approximate surface area is 240 Å². The quantitative estimate of drug-likeness (QED) is 0.285. The average Bonchev–Trinajstić information content (AvgIpc) is 2.94. The monoisotopic (exact) mass is 596 g/mol. The third kappa shape index (κ3) is 6.36. The third-order valence-corrected chi connectivity index (χ3v) is 8.01. The summed E-state index contributed by atoms with van der Waals surface area (Å²) in [5.41, 5.74) is 0.160. The molecule has 4 rings (SSSR count). The number of nitrogens with zero attached hydrogens (tertiary/aromatic N) is 4. The van der Waals surface area contributed by atoms with Gasteiger partial charge in [-0.15, -0.1) is 0 Å². The Bertz CT molecular complexity index is 1800. The minimum absolute atomic E-state index is 0.0122. The van der Waals surface area contributed by atoms with E-state index in [-0.39, 0.29) is 35.6 Å². The molecular formula is C29H26F2N4O6S. The van der Waals surface area contributed by atoms with E-state index >= 15 is 0 Å². The molecule has 10 nitrogen and oxygen atoms in total. The molecule has 0 amide bonds. The molecule has 0 unspecified atom stereocenters. The standard InChI is InChI=1S/C29H26F2N4O6S/c1-17(2)41-16-26-34-28(36)27(29(37)35(26)25(15-40-3)20-9-22(30)11-23(31)10-20)42(38,39)24-6-4-19(5-7-24)21-8-18(12-32)13-33-14-21/h4-11,13-14,17,25,37H,15-16H2,1-3H3/t25-/m0/s1. The lowest BCUT2D eigenvalue weighted by Gasteiger charge is -2.26. The SMILES string of the molecule is COC[C@@H](c1cc(F)cc(F)c1)n1c(COC(C)C)nc(=O)c(S(=O)(=O)c2ccc(-c3cncc(C#N)c3)cc2)c1O. The van der Waals surface area contributed by atoms with Crippen molar-refractivity contribution in [3.05, 3.63) is 99.9 Å². The lowest BCUT2D eigenvalue weighted by atomic mass is 10.1. The summed E-state index contributed by atoms with van der Waals surface area (Å²) in [7, 11) is -3.37. The molecule has 13 heteroatoms. The van der Waals surface area contributed by atoms with Gasteiger partial charge in [0, 0.05) is 31.1 Å². The minimum Gasteiger partial charge on any atom is -0.493 e. The van der Waals surface area contributed by atoms with Crippen LogP contribution in [0.15, 0.2) is 75.5 Å². The molecule has 0 radical (unpaired) electrons. The van der Waals surface area contributed by atoms with Crippen LogP contribution in [0.5, 0.6) is 5.88 Å². The fourth-order valence-electron chi connectivity index (χ4n) is 4.30. The molecule has 0 bridgehead atoms. The fraction of sp³-hybridized carbons (Fsp3) is 0.241. The molecule has 0 aliphatic rings. The molecule has 0 aliphatic heterocycles. The van der Waals surface area contributed by atoms with E-state index in [1.165, 1.54) is 43.8 Å². The van der Waals surface area contributed by atoms with E-state index in [9.17, 15) is 27.1 Å². The molecule has 1 N–H and O–H groups in total. The van der Waals surface area contributed by atoms with Gasteiger partial charge >= 0.3 is 0 Å². The van der Waals surface area contributed by atoms with Gasteiger partial charge in [-0.05, 0) is 55.3 Å². The van der Waals surface area contributed by atoms with Crippen molar-refractivity contribution in [1.29, 1.82) is 5.26 Å². The topological polar surface area (TPSA) is 144 Å². The number of halogens is 2.